The van der Waals surface area contributed by atoms with E-state index in [1.165, 1.54) is 11.1 Å². The first-order chi connectivity index (χ1) is 10.3. The monoisotopic (exact) mass is 303 g/mol. The first kappa shape index (κ1) is 16.0. The highest BCUT2D eigenvalue weighted by atomic mass is 35.5. The minimum absolute atomic E-state index is 0.339. The van der Waals surface area contributed by atoms with Gasteiger partial charge in [-0.05, 0) is 29.8 Å². The van der Waals surface area contributed by atoms with Crippen LogP contribution in [0.4, 0.5) is 0 Å². The summed E-state index contributed by atoms with van der Waals surface area (Å²) in [5, 5.41) is 4.17. The number of rotatable bonds is 8. The van der Waals surface area contributed by atoms with Gasteiger partial charge in [0.25, 0.3) is 0 Å². The topological polar surface area (TPSA) is 21.3 Å². The standard InChI is InChI=1S/C18H22ClNO/c1-2-20-12-17(16-8-10-18(19)11-9-16)14-21-13-15-6-4-3-5-7-15/h3-11,17,20H,2,12-14H2,1H3. The Hall–Kier alpha value is -1.35. The largest absolute Gasteiger partial charge is 0.376 e. The zero-order valence-corrected chi connectivity index (χ0v) is 13.1. The summed E-state index contributed by atoms with van der Waals surface area (Å²) < 4.78 is 5.89. The molecule has 2 aromatic rings. The lowest BCUT2D eigenvalue weighted by Crippen LogP contribution is -2.24. The Morgan fingerprint density at radius 1 is 1.05 bits per heavy atom. The minimum atomic E-state index is 0.339. The van der Waals surface area contributed by atoms with Crippen LogP contribution in [0, 0.1) is 0 Å². The molecule has 3 heteroatoms. The van der Waals surface area contributed by atoms with Crippen molar-refractivity contribution in [2.24, 2.45) is 0 Å². The van der Waals surface area contributed by atoms with Crippen molar-refractivity contribution in [3.05, 3.63) is 70.7 Å². The average molecular weight is 304 g/mol. The van der Waals surface area contributed by atoms with Crippen molar-refractivity contribution in [2.75, 3.05) is 19.7 Å². The molecule has 21 heavy (non-hydrogen) atoms. The number of likely N-dealkylation sites (N-methyl/N-ethyl adjacent to an activating group) is 1. The Balaban J connectivity index is 1.91. The van der Waals surface area contributed by atoms with Crippen molar-refractivity contribution < 1.29 is 4.74 Å². The lowest BCUT2D eigenvalue weighted by atomic mass is 10.00. The fraction of sp³-hybridized carbons (Fsp3) is 0.333. The van der Waals surface area contributed by atoms with Gasteiger partial charge in [-0.2, -0.15) is 0 Å². The zero-order valence-electron chi connectivity index (χ0n) is 12.4. The molecule has 1 unspecified atom stereocenters. The van der Waals surface area contributed by atoms with Gasteiger partial charge in [0.1, 0.15) is 0 Å². The minimum Gasteiger partial charge on any atom is -0.376 e. The van der Waals surface area contributed by atoms with Crippen LogP contribution in [0.1, 0.15) is 24.0 Å². The number of benzene rings is 2. The number of hydrogen-bond donors (Lipinski definition) is 1. The quantitative estimate of drug-likeness (QED) is 0.787. The first-order valence-electron chi connectivity index (χ1n) is 7.37. The SMILES string of the molecule is CCNCC(COCc1ccccc1)c1ccc(Cl)cc1. The van der Waals surface area contributed by atoms with Gasteiger partial charge in [0.05, 0.1) is 13.2 Å². The number of ether oxygens (including phenoxy) is 1. The van der Waals surface area contributed by atoms with Gasteiger partial charge in [0.15, 0.2) is 0 Å². The van der Waals surface area contributed by atoms with Crippen LogP contribution < -0.4 is 5.32 Å². The molecular weight excluding hydrogens is 282 g/mol. The van der Waals surface area contributed by atoms with Gasteiger partial charge in [0, 0.05) is 17.5 Å². The second-order valence-corrected chi connectivity index (χ2v) is 5.49. The van der Waals surface area contributed by atoms with E-state index in [0.29, 0.717) is 19.1 Å². The molecule has 0 radical (unpaired) electrons. The molecule has 0 aliphatic rings. The summed E-state index contributed by atoms with van der Waals surface area (Å²) in [4.78, 5) is 0. The molecule has 0 saturated carbocycles. The third-order valence-electron chi connectivity index (χ3n) is 3.41. The van der Waals surface area contributed by atoms with Crippen LogP contribution in [0.2, 0.25) is 5.02 Å². The molecule has 0 heterocycles. The lowest BCUT2D eigenvalue weighted by Gasteiger charge is -2.18. The van der Waals surface area contributed by atoms with E-state index in [9.17, 15) is 0 Å². The summed E-state index contributed by atoms with van der Waals surface area (Å²) in [7, 11) is 0. The maximum Gasteiger partial charge on any atom is 0.0717 e. The maximum atomic E-state index is 5.96. The highest BCUT2D eigenvalue weighted by Crippen LogP contribution is 2.19. The molecule has 2 rings (SSSR count). The van der Waals surface area contributed by atoms with Gasteiger partial charge >= 0.3 is 0 Å². The summed E-state index contributed by atoms with van der Waals surface area (Å²) in [5.74, 6) is 0.339. The van der Waals surface area contributed by atoms with Crippen molar-refractivity contribution in [1.82, 2.24) is 5.32 Å². The summed E-state index contributed by atoms with van der Waals surface area (Å²) in [6, 6.07) is 18.3. The van der Waals surface area contributed by atoms with Gasteiger partial charge in [-0.3, -0.25) is 0 Å². The van der Waals surface area contributed by atoms with E-state index < -0.39 is 0 Å². The predicted molar refractivity (Wildman–Crippen MR) is 88.8 cm³/mol. The van der Waals surface area contributed by atoms with Crippen molar-refractivity contribution in [3.63, 3.8) is 0 Å². The average Bonchev–Trinajstić information content (AvgIpc) is 2.53. The van der Waals surface area contributed by atoms with Crippen molar-refractivity contribution in [2.45, 2.75) is 19.4 Å². The second-order valence-electron chi connectivity index (χ2n) is 5.06. The first-order valence-corrected chi connectivity index (χ1v) is 7.75. The molecule has 0 amide bonds. The van der Waals surface area contributed by atoms with Crippen LogP contribution in [0.3, 0.4) is 0 Å². The zero-order chi connectivity index (χ0) is 14.9. The molecule has 2 aromatic carbocycles. The molecule has 0 spiro atoms. The van der Waals surface area contributed by atoms with Gasteiger partial charge in [-0.25, -0.2) is 0 Å². The van der Waals surface area contributed by atoms with Crippen LogP contribution in [-0.4, -0.2) is 19.7 Å². The van der Waals surface area contributed by atoms with Gasteiger partial charge in [0.2, 0.25) is 0 Å². The van der Waals surface area contributed by atoms with E-state index in [-0.39, 0.29) is 0 Å². The fourth-order valence-electron chi connectivity index (χ4n) is 2.22. The van der Waals surface area contributed by atoms with Gasteiger partial charge in [-0.15, -0.1) is 0 Å². The summed E-state index contributed by atoms with van der Waals surface area (Å²) in [6.07, 6.45) is 0. The third kappa shape index (κ3) is 5.50. The number of hydrogen-bond acceptors (Lipinski definition) is 2. The molecular formula is C18H22ClNO. The van der Waals surface area contributed by atoms with E-state index in [0.717, 1.165) is 18.1 Å². The van der Waals surface area contributed by atoms with Crippen LogP contribution in [0.5, 0.6) is 0 Å². The van der Waals surface area contributed by atoms with Crippen LogP contribution in [0.25, 0.3) is 0 Å². The van der Waals surface area contributed by atoms with Crippen LogP contribution in [-0.2, 0) is 11.3 Å². The van der Waals surface area contributed by atoms with Crippen molar-refractivity contribution >= 4 is 11.6 Å². The Kier molecular flexibility index (Phi) is 6.74. The lowest BCUT2D eigenvalue weighted by molar-refractivity contribution is 0.106. The van der Waals surface area contributed by atoms with Gasteiger partial charge < -0.3 is 10.1 Å². The number of nitrogens with one attached hydrogen (secondary N) is 1. The van der Waals surface area contributed by atoms with E-state index in [1.807, 2.05) is 30.3 Å². The molecule has 0 saturated heterocycles. The molecule has 1 atom stereocenters. The molecule has 2 nitrogen and oxygen atoms in total. The van der Waals surface area contributed by atoms with Crippen LogP contribution >= 0.6 is 11.6 Å². The highest BCUT2D eigenvalue weighted by Gasteiger charge is 2.11. The summed E-state index contributed by atoms with van der Waals surface area (Å²) in [6.45, 7) is 5.33. The Labute approximate surface area is 132 Å². The van der Waals surface area contributed by atoms with E-state index >= 15 is 0 Å². The summed E-state index contributed by atoms with van der Waals surface area (Å²) in [5.41, 5.74) is 2.46. The maximum absolute atomic E-state index is 5.96. The van der Waals surface area contributed by atoms with Crippen LogP contribution in [0.15, 0.2) is 54.6 Å². The van der Waals surface area contributed by atoms with Crippen molar-refractivity contribution in [1.29, 1.82) is 0 Å². The number of halogens is 1. The Bertz CT molecular complexity index is 513. The van der Waals surface area contributed by atoms with Crippen molar-refractivity contribution in [3.8, 4) is 0 Å². The molecule has 0 aromatic heterocycles. The van der Waals surface area contributed by atoms with E-state index in [4.69, 9.17) is 16.3 Å². The smallest absolute Gasteiger partial charge is 0.0717 e. The Morgan fingerprint density at radius 2 is 1.76 bits per heavy atom. The highest BCUT2D eigenvalue weighted by molar-refractivity contribution is 6.30. The summed E-state index contributed by atoms with van der Waals surface area (Å²) >= 11 is 5.96. The molecule has 1 N–H and O–H groups in total. The van der Waals surface area contributed by atoms with E-state index in [2.05, 4.69) is 36.5 Å². The Morgan fingerprint density at radius 3 is 2.43 bits per heavy atom. The normalized spacial score (nSPS) is 12.3. The molecule has 0 aliphatic carbocycles. The molecule has 0 aliphatic heterocycles. The fourth-order valence-corrected chi connectivity index (χ4v) is 2.35. The third-order valence-corrected chi connectivity index (χ3v) is 3.66. The van der Waals surface area contributed by atoms with Gasteiger partial charge in [-0.1, -0.05) is 61.0 Å². The molecule has 0 fully saturated rings. The molecule has 0 bridgehead atoms. The second kappa shape index (κ2) is 8.83. The molecule has 112 valence electrons. The van der Waals surface area contributed by atoms with E-state index in [1.54, 1.807) is 0 Å². The predicted octanol–water partition coefficient (Wildman–Crippen LogP) is 4.25.